The molecule has 1 unspecified atom stereocenters. The summed E-state index contributed by atoms with van der Waals surface area (Å²) >= 11 is 0. The Balaban J connectivity index is 2.46. The van der Waals surface area contributed by atoms with Gasteiger partial charge in [-0.1, -0.05) is 19.1 Å². The monoisotopic (exact) mass is 215 g/mol. The van der Waals surface area contributed by atoms with Gasteiger partial charge >= 0.3 is 0 Å². The van der Waals surface area contributed by atoms with Gasteiger partial charge in [0, 0.05) is 11.7 Å². The first-order chi connectivity index (χ1) is 7.72. The average Bonchev–Trinajstić information content (AvgIpc) is 2.78. The number of aryl methyl sites for hydroxylation is 1. The van der Waals surface area contributed by atoms with Gasteiger partial charge in [-0.25, -0.2) is 4.98 Å². The molecule has 0 radical (unpaired) electrons. The predicted molar refractivity (Wildman–Crippen MR) is 65.5 cm³/mol. The van der Waals surface area contributed by atoms with Crippen molar-refractivity contribution in [1.82, 2.24) is 9.55 Å². The molecule has 2 aromatic rings. The van der Waals surface area contributed by atoms with E-state index in [2.05, 4.69) is 36.2 Å². The van der Waals surface area contributed by atoms with Gasteiger partial charge in [-0.15, -0.1) is 0 Å². The minimum atomic E-state index is -0.00668. The summed E-state index contributed by atoms with van der Waals surface area (Å²) in [5.74, 6) is 0. The van der Waals surface area contributed by atoms with E-state index in [9.17, 15) is 0 Å². The topological polar surface area (TPSA) is 43.8 Å². The molecule has 0 saturated carbocycles. The van der Waals surface area contributed by atoms with Crippen molar-refractivity contribution in [3.8, 4) is 5.69 Å². The predicted octanol–water partition coefficient (Wildman–Crippen LogP) is 2.45. The lowest BCUT2D eigenvalue weighted by molar-refractivity contribution is 0.752. The third kappa shape index (κ3) is 1.99. The summed E-state index contributed by atoms with van der Waals surface area (Å²) < 4.78 is 2.05. The highest BCUT2D eigenvalue weighted by molar-refractivity contribution is 5.37. The van der Waals surface area contributed by atoms with Gasteiger partial charge in [0.2, 0.25) is 0 Å². The molecule has 1 aromatic heterocycles. The first-order valence-corrected chi connectivity index (χ1v) is 5.59. The number of aromatic nitrogens is 2. The quantitative estimate of drug-likeness (QED) is 0.854. The van der Waals surface area contributed by atoms with Crippen molar-refractivity contribution < 1.29 is 0 Å². The summed E-state index contributed by atoms with van der Waals surface area (Å²) in [5.41, 5.74) is 9.39. The summed E-state index contributed by atoms with van der Waals surface area (Å²) in [7, 11) is 0. The molecule has 0 saturated heterocycles. The van der Waals surface area contributed by atoms with Crippen molar-refractivity contribution in [3.05, 3.63) is 48.0 Å². The van der Waals surface area contributed by atoms with Crippen LogP contribution in [0.3, 0.4) is 0 Å². The Bertz CT molecular complexity index is 472. The SMILES string of the molecule is CCc1cccc(-n2cncc2C(C)N)c1. The van der Waals surface area contributed by atoms with Crippen molar-refractivity contribution in [2.45, 2.75) is 26.3 Å². The van der Waals surface area contributed by atoms with Gasteiger partial charge in [-0.05, 0) is 31.0 Å². The normalized spacial score (nSPS) is 12.7. The largest absolute Gasteiger partial charge is 0.323 e. The average molecular weight is 215 g/mol. The van der Waals surface area contributed by atoms with E-state index in [1.54, 1.807) is 0 Å². The van der Waals surface area contributed by atoms with Crippen LogP contribution in [-0.2, 0) is 6.42 Å². The second kappa shape index (κ2) is 4.49. The number of rotatable bonds is 3. The molecule has 1 atom stereocenters. The lowest BCUT2D eigenvalue weighted by Crippen LogP contribution is -2.10. The summed E-state index contributed by atoms with van der Waals surface area (Å²) in [4.78, 5) is 4.16. The lowest BCUT2D eigenvalue weighted by Gasteiger charge is -2.11. The zero-order valence-electron chi connectivity index (χ0n) is 9.72. The van der Waals surface area contributed by atoms with E-state index in [1.807, 2.05) is 24.0 Å². The van der Waals surface area contributed by atoms with Gasteiger partial charge in [-0.2, -0.15) is 0 Å². The molecule has 0 spiro atoms. The number of benzene rings is 1. The Morgan fingerprint density at radius 3 is 2.94 bits per heavy atom. The maximum Gasteiger partial charge on any atom is 0.0994 e. The summed E-state index contributed by atoms with van der Waals surface area (Å²) in [5, 5.41) is 0. The molecule has 0 fully saturated rings. The number of imidazole rings is 1. The van der Waals surface area contributed by atoms with Crippen LogP contribution in [0.2, 0.25) is 0 Å². The van der Waals surface area contributed by atoms with Crippen LogP contribution in [0, 0.1) is 0 Å². The van der Waals surface area contributed by atoms with Crippen LogP contribution >= 0.6 is 0 Å². The van der Waals surface area contributed by atoms with Gasteiger partial charge in [0.1, 0.15) is 0 Å². The lowest BCUT2D eigenvalue weighted by atomic mass is 10.1. The minimum absolute atomic E-state index is 0.00668. The fraction of sp³-hybridized carbons (Fsp3) is 0.308. The van der Waals surface area contributed by atoms with E-state index in [1.165, 1.54) is 5.56 Å². The van der Waals surface area contributed by atoms with Crippen molar-refractivity contribution >= 4 is 0 Å². The Morgan fingerprint density at radius 2 is 2.25 bits per heavy atom. The second-order valence-electron chi connectivity index (χ2n) is 4.00. The van der Waals surface area contributed by atoms with Crippen LogP contribution in [0.5, 0.6) is 0 Å². The van der Waals surface area contributed by atoms with Crippen LogP contribution < -0.4 is 5.73 Å². The number of hydrogen-bond donors (Lipinski definition) is 1. The van der Waals surface area contributed by atoms with Crippen LogP contribution in [0.4, 0.5) is 0 Å². The molecular weight excluding hydrogens is 198 g/mol. The highest BCUT2D eigenvalue weighted by atomic mass is 15.1. The fourth-order valence-corrected chi connectivity index (χ4v) is 1.78. The molecule has 2 N–H and O–H groups in total. The van der Waals surface area contributed by atoms with Gasteiger partial charge in [0.05, 0.1) is 18.2 Å². The Hall–Kier alpha value is -1.61. The maximum absolute atomic E-state index is 5.91. The van der Waals surface area contributed by atoms with Crippen molar-refractivity contribution in [3.63, 3.8) is 0 Å². The van der Waals surface area contributed by atoms with E-state index in [-0.39, 0.29) is 6.04 Å². The molecule has 1 heterocycles. The van der Waals surface area contributed by atoms with E-state index in [0.717, 1.165) is 17.8 Å². The van der Waals surface area contributed by atoms with Crippen molar-refractivity contribution in [1.29, 1.82) is 0 Å². The summed E-state index contributed by atoms with van der Waals surface area (Å²) in [6.45, 7) is 4.12. The van der Waals surface area contributed by atoms with Gasteiger partial charge < -0.3 is 10.3 Å². The molecular formula is C13H17N3. The first-order valence-electron chi connectivity index (χ1n) is 5.59. The highest BCUT2D eigenvalue weighted by Gasteiger charge is 2.08. The zero-order valence-corrected chi connectivity index (χ0v) is 9.72. The van der Waals surface area contributed by atoms with E-state index >= 15 is 0 Å². The Morgan fingerprint density at radius 1 is 1.44 bits per heavy atom. The molecule has 0 bridgehead atoms. The van der Waals surface area contributed by atoms with Crippen LogP contribution in [-0.4, -0.2) is 9.55 Å². The Labute approximate surface area is 95.9 Å². The molecule has 2 rings (SSSR count). The molecule has 0 amide bonds. The maximum atomic E-state index is 5.91. The molecule has 3 heteroatoms. The second-order valence-corrected chi connectivity index (χ2v) is 4.00. The number of nitrogens with two attached hydrogens (primary N) is 1. The molecule has 1 aromatic carbocycles. The molecule has 84 valence electrons. The molecule has 0 aliphatic carbocycles. The minimum Gasteiger partial charge on any atom is -0.323 e. The van der Waals surface area contributed by atoms with Crippen LogP contribution in [0.15, 0.2) is 36.8 Å². The van der Waals surface area contributed by atoms with Crippen LogP contribution in [0.25, 0.3) is 5.69 Å². The standard InChI is InChI=1S/C13H17N3/c1-3-11-5-4-6-12(7-11)16-9-15-8-13(16)10(2)14/h4-10H,3,14H2,1-2H3. The summed E-state index contributed by atoms with van der Waals surface area (Å²) in [6.07, 6.45) is 4.67. The highest BCUT2D eigenvalue weighted by Crippen LogP contribution is 2.17. The van der Waals surface area contributed by atoms with E-state index in [4.69, 9.17) is 5.73 Å². The number of nitrogens with zero attached hydrogens (tertiary/aromatic N) is 2. The van der Waals surface area contributed by atoms with Gasteiger partial charge in [0.25, 0.3) is 0 Å². The van der Waals surface area contributed by atoms with Gasteiger partial charge in [-0.3, -0.25) is 0 Å². The molecule has 0 aliphatic heterocycles. The third-order valence-corrected chi connectivity index (χ3v) is 2.73. The third-order valence-electron chi connectivity index (χ3n) is 2.73. The smallest absolute Gasteiger partial charge is 0.0994 e. The van der Waals surface area contributed by atoms with Crippen molar-refractivity contribution in [2.24, 2.45) is 5.73 Å². The fourth-order valence-electron chi connectivity index (χ4n) is 1.78. The van der Waals surface area contributed by atoms with E-state index in [0.29, 0.717) is 0 Å². The molecule has 0 aliphatic rings. The molecule has 16 heavy (non-hydrogen) atoms. The van der Waals surface area contributed by atoms with Crippen LogP contribution in [0.1, 0.15) is 31.1 Å². The van der Waals surface area contributed by atoms with Crippen molar-refractivity contribution in [2.75, 3.05) is 0 Å². The molecule has 3 nitrogen and oxygen atoms in total. The van der Waals surface area contributed by atoms with Gasteiger partial charge in [0.15, 0.2) is 0 Å². The zero-order chi connectivity index (χ0) is 11.5. The first kappa shape index (κ1) is 10.9. The summed E-state index contributed by atoms with van der Waals surface area (Å²) in [6, 6.07) is 8.44. The van der Waals surface area contributed by atoms with E-state index < -0.39 is 0 Å². The number of hydrogen-bond acceptors (Lipinski definition) is 2. The Kier molecular flexibility index (Phi) is 3.06.